The van der Waals surface area contributed by atoms with Crippen LogP contribution in [0.25, 0.3) is 0 Å². The SMILES string of the molecule is CCOC(=O)N(C)CCCC1(O)c2ccccc2CCc2c(C)cccc21. The number of aryl methyl sites for hydroxylation is 2. The fourth-order valence-corrected chi connectivity index (χ4v) is 4.13. The van der Waals surface area contributed by atoms with E-state index in [1.54, 1.807) is 18.9 Å². The van der Waals surface area contributed by atoms with Crippen molar-refractivity contribution in [3.63, 3.8) is 0 Å². The molecule has 1 aliphatic carbocycles. The average molecular weight is 367 g/mol. The largest absolute Gasteiger partial charge is 0.450 e. The highest BCUT2D eigenvalue weighted by Gasteiger charge is 2.37. The van der Waals surface area contributed by atoms with Gasteiger partial charge in [-0.25, -0.2) is 4.79 Å². The maximum atomic E-state index is 11.9. The van der Waals surface area contributed by atoms with Gasteiger partial charge in [-0.3, -0.25) is 0 Å². The second-order valence-electron chi connectivity index (χ2n) is 7.34. The molecule has 0 bridgehead atoms. The van der Waals surface area contributed by atoms with Crippen molar-refractivity contribution in [2.45, 2.75) is 45.1 Å². The Labute approximate surface area is 161 Å². The standard InChI is InChI=1S/C23H29NO3/c1-4-27-22(25)24(3)16-8-15-23(26)20-11-6-5-10-18(20)13-14-19-17(2)9-7-12-21(19)23/h5-7,9-12,26H,4,8,13-16H2,1-3H3. The Morgan fingerprint density at radius 2 is 1.89 bits per heavy atom. The molecular weight excluding hydrogens is 338 g/mol. The van der Waals surface area contributed by atoms with Crippen LogP contribution >= 0.6 is 0 Å². The fourth-order valence-electron chi connectivity index (χ4n) is 4.13. The molecule has 1 atom stereocenters. The number of ether oxygens (including phenoxy) is 1. The summed E-state index contributed by atoms with van der Waals surface area (Å²) in [5.74, 6) is 0. The van der Waals surface area contributed by atoms with Gasteiger partial charge in [0.2, 0.25) is 0 Å². The van der Waals surface area contributed by atoms with Gasteiger partial charge < -0.3 is 14.7 Å². The lowest BCUT2D eigenvalue weighted by Gasteiger charge is -2.32. The lowest BCUT2D eigenvalue weighted by molar-refractivity contribution is 0.0630. The quantitative estimate of drug-likeness (QED) is 0.862. The highest BCUT2D eigenvalue weighted by atomic mass is 16.5. The van der Waals surface area contributed by atoms with Crippen LogP contribution in [-0.2, 0) is 23.2 Å². The molecule has 0 heterocycles. The van der Waals surface area contributed by atoms with Crippen molar-refractivity contribution >= 4 is 6.09 Å². The Hall–Kier alpha value is -2.33. The minimum absolute atomic E-state index is 0.318. The molecule has 144 valence electrons. The van der Waals surface area contributed by atoms with Crippen LogP contribution in [0.1, 0.15) is 47.6 Å². The summed E-state index contributed by atoms with van der Waals surface area (Å²) in [4.78, 5) is 13.4. The first kappa shape index (κ1) is 19.4. The predicted molar refractivity (Wildman–Crippen MR) is 107 cm³/mol. The van der Waals surface area contributed by atoms with Crippen molar-refractivity contribution in [3.05, 3.63) is 70.3 Å². The summed E-state index contributed by atoms with van der Waals surface area (Å²) in [6.07, 6.45) is 2.79. The summed E-state index contributed by atoms with van der Waals surface area (Å²) >= 11 is 0. The van der Waals surface area contributed by atoms with Gasteiger partial charge in [-0.05, 0) is 67.3 Å². The first-order valence-corrected chi connectivity index (χ1v) is 9.75. The number of carbonyl (C=O) groups excluding carboxylic acids is 1. The lowest BCUT2D eigenvalue weighted by atomic mass is 9.79. The molecule has 0 aliphatic heterocycles. The van der Waals surface area contributed by atoms with E-state index in [4.69, 9.17) is 4.74 Å². The highest BCUT2D eigenvalue weighted by molar-refractivity contribution is 5.67. The molecule has 2 aromatic rings. The topological polar surface area (TPSA) is 49.8 Å². The molecule has 0 saturated carbocycles. The summed E-state index contributed by atoms with van der Waals surface area (Å²) in [5.41, 5.74) is 4.63. The number of hydrogen-bond donors (Lipinski definition) is 1. The molecule has 0 radical (unpaired) electrons. The lowest BCUT2D eigenvalue weighted by Crippen LogP contribution is -2.32. The van der Waals surface area contributed by atoms with Crippen LogP contribution in [0.5, 0.6) is 0 Å². The Balaban J connectivity index is 1.90. The van der Waals surface area contributed by atoms with Crippen molar-refractivity contribution in [3.8, 4) is 0 Å². The van der Waals surface area contributed by atoms with Gasteiger partial charge in [0, 0.05) is 13.6 Å². The zero-order chi connectivity index (χ0) is 19.4. The van der Waals surface area contributed by atoms with Crippen LogP contribution in [0.2, 0.25) is 0 Å². The second-order valence-corrected chi connectivity index (χ2v) is 7.34. The van der Waals surface area contributed by atoms with Crippen LogP contribution in [0, 0.1) is 6.92 Å². The summed E-state index contributed by atoms with van der Waals surface area (Å²) in [7, 11) is 1.74. The Bertz CT molecular complexity index is 817. The van der Waals surface area contributed by atoms with Crippen molar-refractivity contribution in [1.29, 1.82) is 0 Å². The van der Waals surface area contributed by atoms with Gasteiger partial charge in [-0.1, -0.05) is 42.5 Å². The molecule has 4 heteroatoms. The van der Waals surface area contributed by atoms with Crippen molar-refractivity contribution in [2.24, 2.45) is 0 Å². The first-order chi connectivity index (χ1) is 13.0. The maximum Gasteiger partial charge on any atom is 0.409 e. The third-order valence-electron chi connectivity index (χ3n) is 5.57. The fraction of sp³-hybridized carbons (Fsp3) is 0.435. The van der Waals surface area contributed by atoms with Gasteiger partial charge in [0.15, 0.2) is 0 Å². The molecule has 27 heavy (non-hydrogen) atoms. The van der Waals surface area contributed by atoms with E-state index in [9.17, 15) is 9.90 Å². The zero-order valence-corrected chi connectivity index (χ0v) is 16.5. The summed E-state index contributed by atoms with van der Waals surface area (Å²) in [6.45, 7) is 4.83. The third-order valence-corrected chi connectivity index (χ3v) is 5.57. The summed E-state index contributed by atoms with van der Waals surface area (Å²) in [5, 5.41) is 11.9. The highest BCUT2D eigenvalue weighted by Crippen LogP contribution is 2.41. The molecule has 3 rings (SSSR count). The van der Waals surface area contributed by atoms with Gasteiger partial charge in [-0.2, -0.15) is 0 Å². The molecule has 1 amide bonds. The Morgan fingerprint density at radius 1 is 1.15 bits per heavy atom. The first-order valence-electron chi connectivity index (χ1n) is 9.75. The molecule has 0 saturated heterocycles. The van der Waals surface area contributed by atoms with Gasteiger partial charge in [0.05, 0.1) is 6.61 Å². The van der Waals surface area contributed by atoms with E-state index < -0.39 is 5.60 Å². The van der Waals surface area contributed by atoms with Gasteiger partial charge in [-0.15, -0.1) is 0 Å². The van der Waals surface area contributed by atoms with Crippen molar-refractivity contribution in [2.75, 3.05) is 20.2 Å². The van der Waals surface area contributed by atoms with E-state index in [-0.39, 0.29) is 6.09 Å². The predicted octanol–water partition coefficient (Wildman–Crippen LogP) is 4.20. The number of benzene rings is 2. The van der Waals surface area contributed by atoms with Gasteiger partial charge in [0.25, 0.3) is 0 Å². The molecule has 0 aromatic heterocycles. The third kappa shape index (κ3) is 3.86. The number of fused-ring (bicyclic) bond motifs is 2. The number of aliphatic hydroxyl groups is 1. The molecule has 1 unspecified atom stereocenters. The number of rotatable bonds is 5. The summed E-state index contributed by atoms with van der Waals surface area (Å²) < 4.78 is 5.04. The van der Waals surface area contributed by atoms with Crippen LogP contribution in [-0.4, -0.2) is 36.3 Å². The average Bonchev–Trinajstić information content (AvgIpc) is 2.78. The van der Waals surface area contributed by atoms with E-state index in [1.807, 2.05) is 24.3 Å². The van der Waals surface area contributed by atoms with Crippen LogP contribution in [0.3, 0.4) is 0 Å². The normalized spacial score (nSPS) is 18.2. The second kappa shape index (κ2) is 8.13. The van der Waals surface area contributed by atoms with Crippen LogP contribution in [0.15, 0.2) is 42.5 Å². The zero-order valence-electron chi connectivity index (χ0n) is 16.5. The molecular formula is C23H29NO3. The molecule has 1 aliphatic rings. The van der Waals surface area contributed by atoms with E-state index in [2.05, 4.69) is 25.1 Å². The number of amides is 1. The van der Waals surface area contributed by atoms with Gasteiger partial charge >= 0.3 is 6.09 Å². The van der Waals surface area contributed by atoms with E-state index in [0.29, 0.717) is 26.0 Å². The maximum absolute atomic E-state index is 11.9. The molecule has 4 nitrogen and oxygen atoms in total. The monoisotopic (exact) mass is 367 g/mol. The number of carbonyl (C=O) groups is 1. The van der Waals surface area contributed by atoms with Crippen LogP contribution in [0.4, 0.5) is 4.79 Å². The van der Waals surface area contributed by atoms with E-state index in [0.717, 1.165) is 24.0 Å². The number of hydrogen-bond acceptors (Lipinski definition) is 3. The van der Waals surface area contributed by atoms with E-state index >= 15 is 0 Å². The minimum atomic E-state index is -1.04. The minimum Gasteiger partial charge on any atom is -0.450 e. The molecule has 0 fully saturated rings. The molecule has 1 N–H and O–H groups in total. The van der Waals surface area contributed by atoms with Crippen molar-refractivity contribution in [1.82, 2.24) is 4.90 Å². The summed E-state index contributed by atoms with van der Waals surface area (Å²) in [6, 6.07) is 14.4. The number of nitrogens with zero attached hydrogens (tertiary/aromatic N) is 1. The Kier molecular flexibility index (Phi) is 5.85. The van der Waals surface area contributed by atoms with E-state index in [1.165, 1.54) is 16.7 Å². The molecule has 0 spiro atoms. The Morgan fingerprint density at radius 3 is 2.67 bits per heavy atom. The van der Waals surface area contributed by atoms with Gasteiger partial charge in [0.1, 0.15) is 5.60 Å². The van der Waals surface area contributed by atoms with Crippen molar-refractivity contribution < 1.29 is 14.6 Å². The van der Waals surface area contributed by atoms with Crippen LogP contribution < -0.4 is 0 Å². The molecule has 2 aromatic carbocycles. The smallest absolute Gasteiger partial charge is 0.409 e.